The number of amides is 1. The molecule has 7 nitrogen and oxygen atoms in total. The highest BCUT2D eigenvalue weighted by Crippen LogP contribution is 2.21. The van der Waals surface area contributed by atoms with Crippen LogP contribution in [0.4, 0.5) is 0 Å². The van der Waals surface area contributed by atoms with Gasteiger partial charge in [-0.25, -0.2) is 12.7 Å². The van der Waals surface area contributed by atoms with Gasteiger partial charge in [0, 0.05) is 19.7 Å². The van der Waals surface area contributed by atoms with Gasteiger partial charge in [-0.05, 0) is 54.4 Å². The highest BCUT2D eigenvalue weighted by molar-refractivity contribution is 7.89. The maximum atomic E-state index is 12.3. The van der Waals surface area contributed by atoms with Crippen LogP contribution in [0, 0.1) is 0 Å². The van der Waals surface area contributed by atoms with Crippen molar-refractivity contribution in [2.45, 2.75) is 11.3 Å². The zero-order valence-corrected chi connectivity index (χ0v) is 17.7. The number of carbonyl (C=O) groups is 1. The number of sulfonamides is 1. The summed E-state index contributed by atoms with van der Waals surface area (Å²) in [6, 6.07) is 11.4. The number of nitrogens with one attached hydrogen (secondary N) is 1. The molecular weight excluding hydrogens is 392 g/mol. The van der Waals surface area contributed by atoms with Crippen molar-refractivity contribution in [1.29, 1.82) is 0 Å². The Labute approximate surface area is 172 Å². The van der Waals surface area contributed by atoms with Crippen molar-refractivity contribution in [3.8, 4) is 11.5 Å². The first kappa shape index (κ1) is 22.4. The third kappa shape index (κ3) is 5.82. The van der Waals surface area contributed by atoms with E-state index in [2.05, 4.69) is 11.9 Å². The molecule has 0 radical (unpaired) electrons. The lowest BCUT2D eigenvalue weighted by Gasteiger charge is -2.12. The van der Waals surface area contributed by atoms with Crippen LogP contribution in [0.5, 0.6) is 11.5 Å². The summed E-state index contributed by atoms with van der Waals surface area (Å²) in [4.78, 5) is 12.5. The smallest absolute Gasteiger partial charge is 0.251 e. The second kappa shape index (κ2) is 10.1. The normalized spacial score (nSPS) is 11.2. The maximum Gasteiger partial charge on any atom is 0.251 e. The lowest BCUT2D eigenvalue weighted by Crippen LogP contribution is -2.28. The number of allylic oxidation sites excluding steroid dienone is 1. The lowest BCUT2D eigenvalue weighted by atomic mass is 10.1. The van der Waals surface area contributed by atoms with Gasteiger partial charge in [0.05, 0.1) is 18.6 Å². The van der Waals surface area contributed by atoms with Gasteiger partial charge < -0.3 is 14.8 Å². The standard InChI is InChI=1S/C21H26N2O5S/c1-5-6-16-15-17(7-12-20(16)27-4)21(24)22-13-14-28-18-8-10-19(11-9-18)29(25,26)23(2)3/h5,7-12,15H,1,6,13-14H2,2-4H3,(H,22,24). The second-order valence-corrected chi connectivity index (χ2v) is 8.53. The largest absolute Gasteiger partial charge is 0.496 e. The fraction of sp³-hybridized carbons (Fsp3) is 0.286. The molecule has 2 aromatic carbocycles. The van der Waals surface area contributed by atoms with Gasteiger partial charge in [0.15, 0.2) is 0 Å². The predicted octanol–water partition coefficient (Wildman–Crippen LogP) is 2.48. The average molecular weight is 419 g/mol. The van der Waals surface area contributed by atoms with Crippen LogP contribution in [0.25, 0.3) is 0 Å². The SMILES string of the molecule is C=CCc1cc(C(=O)NCCOc2ccc(S(=O)(=O)N(C)C)cc2)ccc1OC. The Morgan fingerprint density at radius 2 is 1.86 bits per heavy atom. The fourth-order valence-electron chi connectivity index (χ4n) is 2.59. The Kier molecular flexibility index (Phi) is 7.81. The van der Waals surface area contributed by atoms with E-state index in [9.17, 15) is 13.2 Å². The molecule has 0 saturated heterocycles. The molecule has 2 rings (SSSR count). The summed E-state index contributed by atoms with van der Waals surface area (Å²) in [5, 5.41) is 2.79. The minimum Gasteiger partial charge on any atom is -0.496 e. The van der Waals surface area contributed by atoms with Gasteiger partial charge in [-0.15, -0.1) is 6.58 Å². The number of carbonyl (C=O) groups excluding carboxylic acids is 1. The van der Waals surface area contributed by atoms with Gasteiger partial charge >= 0.3 is 0 Å². The van der Waals surface area contributed by atoms with Crippen molar-refractivity contribution in [3.05, 3.63) is 66.2 Å². The lowest BCUT2D eigenvalue weighted by molar-refractivity contribution is 0.0947. The summed E-state index contributed by atoms with van der Waals surface area (Å²) < 4.78 is 36.1. The molecule has 8 heteroatoms. The van der Waals surface area contributed by atoms with E-state index in [4.69, 9.17) is 9.47 Å². The van der Waals surface area contributed by atoms with Crippen LogP contribution >= 0.6 is 0 Å². The summed E-state index contributed by atoms with van der Waals surface area (Å²) in [6.07, 6.45) is 2.36. The first-order valence-electron chi connectivity index (χ1n) is 9.01. The van der Waals surface area contributed by atoms with Crippen LogP contribution in [-0.2, 0) is 16.4 Å². The Bertz CT molecular complexity index is 954. The number of nitrogens with zero attached hydrogens (tertiary/aromatic N) is 1. The molecule has 1 N–H and O–H groups in total. The van der Waals surface area contributed by atoms with Crippen LogP contribution in [0.3, 0.4) is 0 Å². The van der Waals surface area contributed by atoms with E-state index < -0.39 is 10.0 Å². The van der Waals surface area contributed by atoms with Gasteiger partial charge in [0.2, 0.25) is 10.0 Å². The maximum absolute atomic E-state index is 12.3. The van der Waals surface area contributed by atoms with Gasteiger partial charge in [-0.2, -0.15) is 0 Å². The molecule has 0 aliphatic carbocycles. The summed E-state index contributed by atoms with van der Waals surface area (Å²) >= 11 is 0. The third-order valence-corrected chi connectivity index (χ3v) is 5.99. The van der Waals surface area contributed by atoms with Crippen LogP contribution in [-0.4, -0.2) is 53.0 Å². The summed E-state index contributed by atoms with van der Waals surface area (Å²) in [6.45, 7) is 4.27. The minimum absolute atomic E-state index is 0.193. The highest BCUT2D eigenvalue weighted by atomic mass is 32.2. The first-order valence-corrected chi connectivity index (χ1v) is 10.4. The van der Waals surface area contributed by atoms with Crippen LogP contribution in [0.15, 0.2) is 60.0 Å². The molecule has 0 atom stereocenters. The number of ether oxygens (including phenoxy) is 2. The Balaban J connectivity index is 1.88. The number of benzene rings is 2. The first-order chi connectivity index (χ1) is 13.8. The molecule has 156 valence electrons. The molecule has 29 heavy (non-hydrogen) atoms. The van der Waals surface area contributed by atoms with Crippen LogP contribution in [0.2, 0.25) is 0 Å². The van der Waals surface area contributed by atoms with E-state index in [0.717, 1.165) is 9.87 Å². The molecule has 0 fully saturated rings. The Morgan fingerprint density at radius 1 is 1.17 bits per heavy atom. The van der Waals surface area contributed by atoms with Gasteiger partial charge in [-0.3, -0.25) is 4.79 Å². The summed E-state index contributed by atoms with van der Waals surface area (Å²) in [5.74, 6) is 1.02. The molecule has 0 aliphatic rings. The average Bonchev–Trinajstić information content (AvgIpc) is 2.71. The number of hydrogen-bond donors (Lipinski definition) is 1. The molecule has 0 heterocycles. The Hall–Kier alpha value is -2.84. The second-order valence-electron chi connectivity index (χ2n) is 6.38. The zero-order chi connectivity index (χ0) is 21.4. The minimum atomic E-state index is -3.47. The molecule has 0 unspecified atom stereocenters. The van der Waals surface area contributed by atoms with Crippen molar-refractivity contribution in [1.82, 2.24) is 9.62 Å². The van der Waals surface area contributed by atoms with Crippen molar-refractivity contribution >= 4 is 15.9 Å². The number of rotatable bonds is 10. The number of hydrogen-bond acceptors (Lipinski definition) is 5. The predicted molar refractivity (Wildman–Crippen MR) is 112 cm³/mol. The van der Waals surface area contributed by atoms with Crippen molar-refractivity contribution in [2.75, 3.05) is 34.4 Å². The van der Waals surface area contributed by atoms with E-state index in [1.165, 1.54) is 26.2 Å². The molecule has 0 bridgehead atoms. The van der Waals surface area contributed by atoms with Crippen molar-refractivity contribution in [2.24, 2.45) is 0 Å². The van der Waals surface area contributed by atoms with E-state index in [1.807, 2.05) is 0 Å². The molecule has 0 aromatic heterocycles. The van der Waals surface area contributed by atoms with Crippen LogP contribution < -0.4 is 14.8 Å². The van der Waals surface area contributed by atoms with E-state index in [-0.39, 0.29) is 17.4 Å². The third-order valence-electron chi connectivity index (χ3n) is 4.17. The van der Waals surface area contributed by atoms with Crippen molar-refractivity contribution < 1.29 is 22.7 Å². The molecule has 0 saturated carbocycles. The van der Waals surface area contributed by atoms with E-state index in [1.54, 1.807) is 43.5 Å². The molecular formula is C21H26N2O5S. The van der Waals surface area contributed by atoms with Crippen molar-refractivity contribution in [3.63, 3.8) is 0 Å². The van der Waals surface area contributed by atoms with Gasteiger partial charge in [-0.1, -0.05) is 6.08 Å². The van der Waals surface area contributed by atoms with Gasteiger partial charge in [0.25, 0.3) is 5.91 Å². The topological polar surface area (TPSA) is 84.9 Å². The fourth-order valence-corrected chi connectivity index (χ4v) is 3.49. The highest BCUT2D eigenvalue weighted by Gasteiger charge is 2.16. The van der Waals surface area contributed by atoms with Gasteiger partial charge in [0.1, 0.15) is 18.1 Å². The summed E-state index contributed by atoms with van der Waals surface area (Å²) in [7, 11) is 1.07. The molecule has 2 aromatic rings. The molecule has 1 amide bonds. The zero-order valence-electron chi connectivity index (χ0n) is 16.8. The molecule has 0 spiro atoms. The Morgan fingerprint density at radius 3 is 2.45 bits per heavy atom. The molecule has 0 aliphatic heterocycles. The number of methoxy groups -OCH3 is 1. The monoisotopic (exact) mass is 418 g/mol. The quantitative estimate of drug-likeness (QED) is 0.473. The van der Waals surface area contributed by atoms with E-state index >= 15 is 0 Å². The summed E-state index contributed by atoms with van der Waals surface area (Å²) in [5.41, 5.74) is 1.42. The van der Waals surface area contributed by atoms with Crippen LogP contribution in [0.1, 0.15) is 15.9 Å². The van der Waals surface area contributed by atoms with E-state index in [0.29, 0.717) is 30.0 Å².